The molecule has 4 nitrogen and oxygen atoms in total. The van der Waals surface area contributed by atoms with Gasteiger partial charge in [0.15, 0.2) is 5.72 Å². The molecule has 2 heterocycles. The molecular weight excluding hydrogens is 296 g/mol. The minimum atomic E-state index is -1.07. The Balaban J connectivity index is 1.90. The summed E-state index contributed by atoms with van der Waals surface area (Å²) in [5.74, 6) is 1.33. The predicted octanol–water partition coefficient (Wildman–Crippen LogP) is 2.96. The zero-order valence-corrected chi connectivity index (χ0v) is 13.2. The fourth-order valence-corrected chi connectivity index (χ4v) is 3.60. The topological polar surface area (TPSA) is 45.6 Å². The van der Waals surface area contributed by atoms with Crippen LogP contribution in [-0.4, -0.2) is 27.9 Å². The van der Waals surface area contributed by atoms with E-state index in [0.717, 1.165) is 21.9 Å². The summed E-state index contributed by atoms with van der Waals surface area (Å²) in [6, 6.07) is 11.4. The van der Waals surface area contributed by atoms with Crippen molar-refractivity contribution < 1.29 is 9.84 Å². The van der Waals surface area contributed by atoms with E-state index in [1.807, 2.05) is 47.5 Å². The number of aromatic nitrogens is 1. The molecule has 1 aliphatic heterocycles. The highest BCUT2D eigenvalue weighted by Gasteiger charge is 2.43. The SMILES string of the molecule is C=C1SCC(O)(c2ccc(OC)cc2)N1Cc1cccnc1. The maximum atomic E-state index is 11.2. The average molecular weight is 314 g/mol. The highest BCUT2D eigenvalue weighted by Crippen LogP contribution is 2.44. The van der Waals surface area contributed by atoms with E-state index < -0.39 is 5.72 Å². The Bertz CT molecular complexity index is 660. The van der Waals surface area contributed by atoms with E-state index in [9.17, 15) is 5.11 Å². The van der Waals surface area contributed by atoms with Gasteiger partial charge in [0.05, 0.1) is 17.9 Å². The third-order valence-corrected chi connectivity index (χ3v) is 4.90. The number of nitrogens with zero attached hydrogens (tertiary/aromatic N) is 2. The van der Waals surface area contributed by atoms with E-state index in [4.69, 9.17) is 4.74 Å². The van der Waals surface area contributed by atoms with Crippen molar-refractivity contribution in [3.05, 3.63) is 71.5 Å². The summed E-state index contributed by atoms with van der Waals surface area (Å²) < 4.78 is 5.18. The van der Waals surface area contributed by atoms with Gasteiger partial charge >= 0.3 is 0 Å². The van der Waals surface area contributed by atoms with Gasteiger partial charge in [0, 0.05) is 24.5 Å². The summed E-state index contributed by atoms with van der Waals surface area (Å²) in [4.78, 5) is 6.06. The van der Waals surface area contributed by atoms with Crippen molar-refractivity contribution in [2.75, 3.05) is 12.9 Å². The fourth-order valence-electron chi connectivity index (χ4n) is 2.54. The van der Waals surface area contributed by atoms with Gasteiger partial charge in [-0.1, -0.05) is 24.8 Å². The smallest absolute Gasteiger partial charge is 0.174 e. The maximum Gasteiger partial charge on any atom is 0.174 e. The van der Waals surface area contributed by atoms with E-state index in [0.29, 0.717) is 12.3 Å². The molecule has 1 unspecified atom stereocenters. The molecule has 1 aromatic heterocycles. The largest absolute Gasteiger partial charge is 0.497 e. The van der Waals surface area contributed by atoms with Gasteiger partial charge in [-0.3, -0.25) is 4.98 Å². The molecule has 1 fully saturated rings. The average Bonchev–Trinajstić information content (AvgIpc) is 2.85. The predicted molar refractivity (Wildman–Crippen MR) is 88.3 cm³/mol. The molecule has 0 saturated carbocycles. The molecule has 1 saturated heterocycles. The minimum absolute atomic E-state index is 0.554. The van der Waals surface area contributed by atoms with Crippen LogP contribution in [0.1, 0.15) is 11.1 Å². The minimum Gasteiger partial charge on any atom is -0.497 e. The van der Waals surface area contributed by atoms with Crippen LogP contribution in [-0.2, 0) is 12.3 Å². The monoisotopic (exact) mass is 314 g/mol. The van der Waals surface area contributed by atoms with E-state index in [1.165, 1.54) is 0 Å². The fraction of sp³-hybridized carbons (Fsp3) is 0.235. The van der Waals surface area contributed by atoms with E-state index >= 15 is 0 Å². The highest BCUT2D eigenvalue weighted by atomic mass is 32.2. The summed E-state index contributed by atoms with van der Waals surface area (Å²) in [7, 11) is 1.63. The summed E-state index contributed by atoms with van der Waals surface area (Å²) >= 11 is 1.57. The van der Waals surface area contributed by atoms with Gasteiger partial charge in [-0.15, -0.1) is 11.8 Å². The molecule has 114 valence electrons. The van der Waals surface area contributed by atoms with Crippen LogP contribution in [0.15, 0.2) is 60.4 Å². The molecule has 3 rings (SSSR count). The third-order valence-electron chi connectivity index (χ3n) is 3.80. The van der Waals surface area contributed by atoms with Gasteiger partial charge < -0.3 is 14.7 Å². The van der Waals surface area contributed by atoms with Crippen LogP contribution in [0.5, 0.6) is 5.75 Å². The van der Waals surface area contributed by atoms with Crippen LogP contribution in [0.4, 0.5) is 0 Å². The molecule has 0 radical (unpaired) electrons. The number of pyridine rings is 1. The second-order valence-electron chi connectivity index (χ2n) is 5.17. The second kappa shape index (κ2) is 6.02. The second-order valence-corrected chi connectivity index (χ2v) is 6.22. The number of methoxy groups -OCH3 is 1. The summed E-state index contributed by atoms with van der Waals surface area (Å²) in [5.41, 5.74) is 0.811. The van der Waals surface area contributed by atoms with Gasteiger partial charge in [-0.25, -0.2) is 0 Å². The van der Waals surface area contributed by atoms with Crippen molar-refractivity contribution >= 4 is 11.8 Å². The van der Waals surface area contributed by atoms with Crippen LogP contribution >= 0.6 is 11.8 Å². The molecule has 0 spiro atoms. The molecule has 1 aromatic carbocycles. The van der Waals surface area contributed by atoms with Crippen molar-refractivity contribution in [3.8, 4) is 5.75 Å². The van der Waals surface area contributed by atoms with Crippen molar-refractivity contribution in [3.63, 3.8) is 0 Å². The van der Waals surface area contributed by atoms with Gasteiger partial charge in [0.2, 0.25) is 0 Å². The molecule has 0 bridgehead atoms. The van der Waals surface area contributed by atoms with Crippen molar-refractivity contribution in [1.82, 2.24) is 9.88 Å². The molecule has 5 heteroatoms. The van der Waals surface area contributed by atoms with Crippen LogP contribution < -0.4 is 4.74 Å². The highest BCUT2D eigenvalue weighted by molar-refractivity contribution is 8.03. The lowest BCUT2D eigenvalue weighted by molar-refractivity contribution is -0.0682. The first-order chi connectivity index (χ1) is 10.6. The summed E-state index contributed by atoms with van der Waals surface area (Å²) in [6.07, 6.45) is 3.55. The first-order valence-corrected chi connectivity index (χ1v) is 7.97. The standard InChI is InChI=1S/C17H18N2O2S/c1-13-19(11-14-4-3-9-18-10-14)17(20,12-22-13)15-5-7-16(21-2)8-6-15/h3-10,20H,1,11-12H2,2H3. The van der Waals surface area contributed by atoms with Crippen LogP contribution in [0, 0.1) is 0 Å². The van der Waals surface area contributed by atoms with Crippen LogP contribution in [0.2, 0.25) is 0 Å². The zero-order valence-electron chi connectivity index (χ0n) is 12.4. The number of rotatable bonds is 4. The quantitative estimate of drug-likeness (QED) is 0.940. The maximum absolute atomic E-state index is 11.2. The molecule has 1 aliphatic rings. The van der Waals surface area contributed by atoms with Crippen molar-refractivity contribution in [2.45, 2.75) is 12.3 Å². The van der Waals surface area contributed by atoms with Gasteiger partial charge in [-0.05, 0) is 23.8 Å². The third kappa shape index (κ3) is 2.69. The number of hydrogen-bond acceptors (Lipinski definition) is 5. The lowest BCUT2D eigenvalue weighted by Gasteiger charge is -2.35. The Labute approximate surface area is 134 Å². The number of benzene rings is 1. The van der Waals surface area contributed by atoms with Gasteiger partial charge in [0.1, 0.15) is 5.75 Å². The lowest BCUT2D eigenvalue weighted by Crippen LogP contribution is -2.41. The van der Waals surface area contributed by atoms with Gasteiger partial charge in [-0.2, -0.15) is 0 Å². The Morgan fingerprint density at radius 1 is 1.36 bits per heavy atom. The van der Waals surface area contributed by atoms with Crippen molar-refractivity contribution in [1.29, 1.82) is 0 Å². The summed E-state index contributed by atoms with van der Waals surface area (Å²) in [5, 5.41) is 12.1. The van der Waals surface area contributed by atoms with E-state index in [2.05, 4.69) is 11.6 Å². The van der Waals surface area contributed by atoms with E-state index in [1.54, 1.807) is 25.1 Å². The van der Waals surface area contributed by atoms with Crippen LogP contribution in [0.25, 0.3) is 0 Å². The first kappa shape index (κ1) is 14.9. The Morgan fingerprint density at radius 2 is 2.14 bits per heavy atom. The molecule has 1 N–H and O–H groups in total. The Morgan fingerprint density at radius 3 is 2.77 bits per heavy atom. The molecule has 2 aromatic rings. The lowest BCUT2D eigenvalue weighted by atomic mass is 10.0. The zero-order chi connectivity index (χ0) is 15.6. The van der Waals surface area contributed by atoms with E-state index in [-0.39, 0.29) is 0 Å². The number of hydrogen-bond donors (Lipinski definition) is 1. The molecule has 1 atom stereocenters. The number of ether oxygens (including phenoxy) is 1. The molecule has 0 aliphatic carbocycles. The van der Waals surface area contributed by atoms with Crippen LogP contribution in [0.3, 0.4) is 0 Å². The number of aliphatic hydroxyl groups is 1. The Hall–Kier alpha value is -1.98. The first-order valence-electron chi connectivity index (χ1n) is 6.98. The normalized spacial score (nSPS) is 21.2. The molecular formula is C17H18N2O2S. The molecule has 0 amide bonds. The number of thioether (sulfide) groups is 1. The summed E-state index contributed by atoms with van der Waals surface area (Å²) in [6.45, 7) is 4.64. The van der Waals surface area contributed by atoms with Gasteiger partial charge in [0.25, 0.3) is 0 Å². The Kier molecular flexibility index (Phi) is 4.09. The molecule has 22 heavy (non-hydrogen) atoms. The van der Waals surface area contributed by atoms with Crippen molar-refractivity contribution in [2.24, 2.45) is 0 Å².